The first-order chi connectivity index (χ1) is 20.0. The van der Waals surface area contributed by atoms with Crippen molar-refractivity contribution in [2.24, 2.45) is 11.8 Å². The number of piperidine rings is 2. The van der Waals surface area contributed by atoms with Crippen molar-refractivity contribution in [1.29, 1.82) is 0 Å². The lowest BCUT2D eigenvalue weighted by molar-refractivity contribution is -0.262. The summed E-state index contributed by atoms with van der Waals surface area (Å²) in [7, 11) is 0. The zero-order valence-electron chi connectivity index (χ0n) is 23.4. The number of halogens is 4. The number of alkyl halides is 3. The highest BCUT2D eigenvalue weighted by Crippen LogP contribution is 2.42. The highest BCUT2D eigenvalue weighted by Gasteiger charge is 2.62. The van der Waals surface area contributed by atoms with E-state index < -0.39 is 23.2 Å². The number of carbonyl (C=O) groups excluding carboxylic acids is 2. The van der Waals surface area contributed by atoms with Crippen LogP contribution in [0.3, 0.4) is 0 Å². The normalized spacial score (nSPS) is 22.3. The monoisotopic (exact) mass is 607 g/mol. The van der Waals surface area contributed by atoms with Gasteiger partial charge in [0.15, 0.2) is 0 Å². The van der Waals surface area contributed by atoms with Crippen molar-refractivity contribution in [3.8, 4) is 0 Å². The molecule has 42 heavy (non-hydrogen) atoms. The van der Waals surface area contributed by atoms with Gasteiger partial charge < -0.3 is 24.9 Å². The maximum absolute atomic E-state index is 14.0. The molecule has 0 radical (unpaired) electrons. The molecule has 2 aromatic carbocycles. The third-order valence-electron chi connectivity index (χ3n) is 9.34. The van der Waals surface area contributed by atoms with Crippen LogP contribution in [0.2, 0.25) is 5.02 Å². The second kappa shape index (κ2) is 12.4. The molecule has 3 saturated heterocycles. The van der Waals surface area contributed by atoms with Crippen LogP contribution in [0.1, 0.15) is 54.4 Å². The minimum Gasteiger partial charge on any atom is -0.394 e. The fraction of sp³-hybridized carbons (Fsp3) is 0.548. The van der Waals surface area contributed by atoms with Gasteiger partial charge in [-0.15, -0.1) is 0 Å². The number of rotatable bonds is 6. The van der Waals surface area contributed by atoms with E-state index in [9.17, 15) is 33.0 Å². The zero-order chi connectivity index (χ0) is 30.1. The van der Waals surface area contributed by atoms with Gasteiger partial charge in [0.1, 0.15) is 0 Å². The average Bonchev–Trinajstić information content (AvgIpc) is 3.49. The summed E-state index contributed by atoms with van der Waals surface area (Å²) < 4.78 is 42.0. The second-order valence-electron chi connectivity index (χ2n) is 11.7. The molecule has 2 atom stereocenters. The van der Waals surface area contributed by atoms with Gasteiger partial charge in [-0.2, -0.15) is 13.2 Å². The maximum Gasteiger partial charge on any atom is 0.430 e. The first kappa shape index (κ1) is 30.6. The molecule has 2 aromatic rings. The second-order valence-corrected chi connectivity index (χ2v) is 12.1. The van der Waals surface area contributed by atoms with E-state index in [0.29, 0.717) is 35.9 Å². The average molecular weight is 608 g/mol. The maximum atomic E-state index is 14.0. The topological polar surface area (TPSA) is 84.3 Å². The molecule has 2 N–H and O–H groups in total. The van der Waals surface area contributed by atoms with E-state index in [-0.39, 0.29) is 37.6 Å². The van der Waals surface area contributed by atoms with Crippen molar-refractivity contribution >= 4 is 29.1 Å². The van der Waals surface area contributed by atoms with Crippen molar-refractivity contribution in [1.82, 2.24) is 9.80 Å². The molecule has 5 rings (SSSR count). The number of aliphatic hydroxyl groups is 2. The summed E-state index contributed by atoms with van der Waals surface area (Å²) in [5.41, 5.74) is -2.67. The van der Waals surface area contributed by atoms with Crippen molar-refractivity contribution < 1.29 is 33.0 Å². The predicted octanol–water partition coefficient (Wildman–Crippen LogP) is 4.84. The molecule has 0 aromatic heterocycles. The number of aliphatic hydroxyl groups excluding tert-OH is 1. The number of likely N-dealkylation sites (tertiary alicyclic amines) is 2. The van der Waals surface area contributed by atoms with E-state index in [0.717, 1.165) is 61.5 Å². The van der Waals surface area contributed by atoms with Gasteiger partial charge in [0.05, 0.1) is 23.2 Å². The molecule has 1 unspecified atom stereocenters. The van der Waals surface area contributed by atoms with Crippen molar-refractivity contribution in [2.75, 3.05) is 44.2 Å². The summed E-state index contributed by atoms with van der Waals surface area (Å²) in [6.07, 6.45) is -0.509. The van der Waals surface area contributed by atoms with Gasteiger partial charge in [-0.25, -0.2) is 0 Å². The number of hydrogen-bond acceptors (Lipinski definition) is 5. The molecule has 3 aliphatic heterocycles. The van der Waals surface area contributed by atoms with Gasteiger partial charge in [-0.3, -0.25) is 9.59 Å². The number of benzene rings is 2. The number of amides is 2. The van der Waals surface area contributed by atoms with Crippen LogP contribution in [0.4, 0.5) is 18.9 Å². The minimum atomic E-state index is -5.14. The molecule has 0 aliphatic carbocycles. The summed E-state index contributed by atoms with van der Waals surface area (Å²) in [6.45, 7) is 2.47. The molecule has 2 amide bonds. The minimum absolute atomic E-state index is 0.0603. The lowest BCUT2D eigenvalue weighted by Crippen LogP contribution is -2.57. The van der Waals surface area contributed by atoms with E-state index >= 15 is 0 Å². The highest BCUT2D eigenvalue weighted by atomic mass is 35.5. The lowest BCUT2D eigenvalue weighted by Gasteiger charge is -2.42. The molecular weight excluding hydrogens is 571 g/mol. The van der Waals surface area contributed by atoms with Crippen molar-refractivity contribution in [2.45, 2.75) is 56.3 Å². The van der Waals surface area contributed by atoms with Crippen LogP contribution in [-0.4, -0.2) is 83.4 Å². The van der Waals surface area contributed by atoms with E-state index in [1.54, 1.807) is 11.0 Å². The van der Waals surface area contributed by atoms with Crippen LogP contribution in [0.25, 0.3) is 0 Å². The number of carbonyl (C=O) groups is 2. The molecule has 11 heteroatoms. The molecular formula is C31H37ClF3N3O4. The van der Waals surface area contributed by atoms with Gasteiger partial charge in [-0.05, 0) is 68.6 Å². The van der Waals surface area contributed by atoms with Crippen molar-refractivity contribution in [3.63, 3.8) is 0 Å². The molecule has 3 fully saturated rings. The quantitative estimate of drug-likeness (QED) is 0.491. The smallest absolute Gasteiger partial charge is 0.394 e. The Hall–Kier alpha value is -2.82. The van der Waals surface area contributed by atoms with E-state index in [1.165, 1.54) is 18.2 Å². The van der Waals surface area contributed by atoms with Crippen LogP contribution in [-0.2, 0) is 10.4 Å². The van der Waals surface area contributed by atoms with Gasteiger partial charge in [0.25, 0.3) is 17.4 Å². The first-order valence-electron chi connectivity index (χ1n) is 14.6. The lowest BCUT2D eigenvalue weighted by atomic mass is 9.78. The van der Waals surface area contributed by atoms with E-state index in [2.05, 4.69) is 4.90 Å². The van der Waals surface area contributed by atoms with E-state index in [4.69, 9.17) is 11.6 Å². The Kier molecular flexibility index (Phi) is 9.06. The third kappa shape index (κ3) is 5.85. The molecule has 228 valence electrons. The highest BCUT2D eigenvalue weighted by molar-refractivity contribution is 6.34. The van der Waals surface area contributed by atoms with Gasteiger partial charge >= 0.3 is 6.18 Å². The van der Waals surface area contributed by atoms with Gasteiger partial charge in [-0.1, -0.05) is 41.9 Å². The summed E-state index contributed by atoms with van der Waals surface area (Å²) in [6, 6.07) is 11.9. The molecule has 0 spiro atoms. The summed E-state index contributed by atoms with van der Waals surface area (Å²) in [5.74, 6) is -0.805. The standard InChI is InChI=1S/C31H37ClF3N3O4/c32-27-19-24(8-9-26(27)28(40)38-14-4-7-25(38)20-39)36-15-10-21(11-16-36)22-12-17-37(18-13-22)29(41)30(42,31(33,34)35)23-5-2-1-3-6-23/h1-3,5-6,8-9,19,21-22,25,39,42H,4,7,10-18,20H2/t25-,30?/m1/s1. The Balaban J connectivity index is 1.16. The Morgan fingerprint density at radius 1 is 0.881 bits per heavy atom. The van der Waals surface area contributed by atoms with Gasteiger partial charge in [0, 0.05) is 44.0 Å². The summed E-state index contributed by atoms with van der Waals surface area (Å²) in [4.78, 5) is 31.1. The Bertz CT molecular complexity index is 1260. The molecule has 3 heterocycles. The van der Waals surface area contributed by atoms with Crippen LogP contribution in [0, 0.1) is 11.8 Å². The molecule has 7 nitrogen and oxygen atoms in total. The Labute approximate surface area is 248 Å². The van der Waals surface area contributed by atoms with Gasteiger partial charge in [0.2, 0.25) is 0 Å². The zero-order valence-corrected chi connectivity index (χ0v) is 24.2. The molecule has 0 saturated carbocycles. The number of hydrogen-bond donors (Lipinski definition) is 2. The first-order valence-corrected chi connectivity index (χ1v) is 15.0. The Morgan fingerprint density at radius 3 is 2.07 bits per heavy atom. The summed E-state index contributed by atoms with van der Waals surface area (Å²) in [5, 5.41) is 20.6. The number of anilines is 1. The molecule has 3 aliphatic rings. The van der Waals surface area contributed by atoms with Crippen LogP contribution in [0.15, 0.2) is 48.5 Å². The summed E-state index contributed by atoms with van der Waals surface area (Å²) >= 11 is 6.54. The Morgan fingerprint density at radius 2 is 1.50 bits per heavy atom. The predicted molar refractivity (Wildman–Crippen MR) is 153 cm³/mol. The largest absolute Gasteiger partial charge is 0.430 e. The third-order valence-corrected chi connectivity index (χ3v) is 9.65. The van der Waals surface area contributed by atoms with Crippen LogP contribution < -0.4 is 4.90 Å². The fourth-order valence-corrected chi connectivity index (χ4v) is 7.10. The van der Waals surface area contributed by atoms with Crippen LogP contribution >= 0.6 is 11.6 Å². The number of nitrogens with zero attached hydrogens (tertiary/aromatic N) is 3. The van der Waals surface area contributed by atoms with E-state index in [1.807, 2.05) is 12.1 Å². The fourth-order valence-electron chi connectivity index (χ4n) is 6.84. The SMILES string of the molecule is O=C(c1ccc(N2CCC(C3CCN(C(=O)C(O)(c4ccccc4)C(F)(F)F)CC3)CC2)cc1Cl)N1CCC[C@@H]1CO. The van der Waals surface area contributed by atoms with Crippen LogP contribution in [0.5, 0.6) is 0 Å². The molecule has 0 bridgehead atoms. The van der Waals surface area contributed by atoms with Crippen molar-refractivity contribution in [3.05, 3.63) is 64.7 Å².